The molecule has 0 radical (unpaired) electrons. The largest absolute Gasteiger partial charge is 0.432 e. The second-order valence-electron chi connectivity index (χ2n) is 33.3. The predicted molar refractivity (Wildman–Crippen MR) is 340 cm³/mol. The Morgan fingerprint density at radius 2 is 0.941 bits per heavy atom. The molecule has 33 heteroatoms. The fraction of sp³-hybridized carbons (Fsp3) is 0.957. The lowest BCUT2D eigenvalue weighted by Crippen LogP contribution is -2.68. The van der Waals surface area contributed by atoms with Gasteiger partial charge in [0.2, 0.25) is 6.29 Å². The van der Waals surface area contributed by atoms with Crippen molar-refractivity contribution in [2.24, 2.45) is 50.2 Å². The van der Waals surface area contributed by atoms with E-state index >= 15 is 0 Å². The molecular formula is C69H112O33. The van der Waals surface area contributed by atoms with Gasteiger partial charge in [0.25, 0.3) is 0 Å². The summed E-state index contributed by atoms with van der Waals surface area (Å²) in [7, 11) is 0. The van der Waals surface area contributed by atoms with Gasteiger partial charge in [-0.25, -0.2) is 0 Å². The maximum atomic E-state index is 14.9. The Kier molecular flexibility index (Phi) is 23.4. The molecule has 11 fully saturated rings. The highest BCUT2D eigenvalue weighted by molar-refractivity contribution is 5.79. The summed E-state index contributed by atoms with van der Waals surface area (Å²) in [4.78, 5) is 14.9. The van der Waals surface area contributed by atoms with E-state index in [0.29, 0.717) is 44.9 Å². The summed E-state index contributed by atoms with van der Waals surface area (Å²) >= 11 is 0. The van der Waals surface area contributed by atoms with Crippen molar-refractivity contribution in [3.8, 4) is 0 Å². The minimum absolute atomic E-state index is 0.0236. The zero-order valence-corrected chi connectivity index (χ0v) is 59.1. The van der Waals surface area contributed by atoms with E-state index < -0.39 is 253 Å². The second kappa shape index (κ2) is 30.0. The molecule has 5 aliphatic carbocycles. The van der Waals surface area contributed by atoms with Gasteiger partial charge >= 0.3 is 5.97 Å². The first kappa shape index (κ1) is 79.5. The number of rotatable bonds is 16. The van der Waals surface area contributed by atoms with E-state index in [1.54, 1.807) is 6.92 Å². The summed E-state index contributed by atoms with van der Waals surface area (Å²) in [5, 5.41) is 198. The normalized spacial score (nSPS) is 54.8. The summed E-state index contributed by atoms with van der Waals surface area (Å²) in [5.74, 6) is -0.593. The van der Waals surface area contributed by atoms with Gasteiger partial charge in [0.05, 0.1) is 56.8 Å². The van der Waals surface area contributed by atoms with Crippen LogP contribution in [-0.4, -0.2) is 334 Å². The Balaban J connectivity index is 0.814. The Morgan fingerprint density at radius 3 is 1.56 bits per heavy atom. The van der Waals surface area contributed by atoms with Crippen LogP contribution in [0.3, 0.4) is 0 Å². The molecule has 0 aromatic heterocycles. The fourth-order valence-electron chi connectivity index (χ4n) is 20.0. The third-order valence-electron chi connectivity index (χ3n) is 26.5. The van der Waals surface area contributed by atoms with Crippen molar-refractivity contribution >= 4 is 5.97 Å². The molecule has 40 atom stereocenters. The number of aliphatic hydroxyl groups is 18. The van der Waals surface area contributed by atoms with Gasteiger partial charge in [-0.2, -0.15) is 0 Å². The maximum absolute atomic E-state index is 14.9. The van der Waals surface area contributed by atoms with Crippen LogP contribution in [0.5, 0.6) is 0 Å². The summed E-state index contributed by atoms with van der Waals surface area (Å²) in [6.45, 7) is 15.2. The van der Waals surface area contributed by atoms with Crippen molar-refractivity contribution in [3.05, 3.63) is 11.6 Å². The van der Waals surface area contributed by atoms with Crippen molar-refractivity contribution in [1.29, 1.82) is 0 Å². The number of ether oxygens (including phenoxy) is 14. The quantitative estimate of drug-likeness (QED) is 0.0393. The topological polar surface area (TPSA) is 510 Å². The number of hydrogen-bond acceptors (Lipinski definition) is 33. The molecule has 0 amide bonds. The van der Waals surface area contributed by atoms with E-state index in [4.69, 9.17) is 66.3 Å². The minimum atomic E-state index is -2.15. The number of hydrogen-bond donors (Lipinski definition) is 18. The predicted octanol–water partition coefficient (Wildman–Crippen LogP) is -4.59. The SMILES string of the molecule is CC1OC(OC(=O)C23CCC(C)(C)CC2C2=CCC4C5(C)CCC(OC6OC(CO)C(OC7OCC(O)C(O)C7O)C(O)C6OC6OCC(OC7OCC(O)C(O)C7O)C(OC7OC(CO)C(OC8OC(C)C(O)C(O)C8O)C(O)C7O)C6O)C(C)(C)C5CCC4(C)C2(C)CC3)C(O)C(O)C1O. The van der Waals surface area contributed by atoms with Crippen molar-refractivity contribution in [2.75, 3.05) is 33.0 Å². The van der Waals surface area contributed by atoms with Crippen molar-refractivity contribution in [2.45, 2.75) is 329 Å². The average molecular weight is 1470 g/mol. The van der Waals surface area contributed by atoms with Gasteiger partial charge in [0, 0.05) is 0 Å². The molecule has 0 spiro atoms. The average Bonchev–Trinajstić information content (AvgIpc) is 0.675. The molecule has 7 saturated heterocycles. The van der Waals surface area contributed by atoms with E-state index in [2.05, 4.69) is 54.5 Å². The second-order valence-corrected chi connectivity index (χ2v) is 33.3. The first-order valence-corrected chi connectivity index (χ1v) is 36.3. The van der Waals surface area contributed by atoms with Crippen molar-refractivity contribution in [3.63, 3.8) is 0 Å². The zero-order valence-electron chi connectivity index (χ0n) is 59.1. The van der Waals surface area contributed by atoms with Crippen LogP contribution < -0.4 is 0 Å². The van der Waals surface area contributed by atoms with Crippen LogP contribution in [0.15, 0.2) is 11.6 Å². The van der Waals surface area contributed by atoms with Crippen LogP contribution in [0, 0.1) is 50.2 Å². The smallest absolute Gasteiger partial charge is 0.315 e. The molecule has 102 heavy (non-hydrogen) atoms. The van der Waals surface area contributed by atoms with Crippen LogP contribution >= 0.6 is 0 Å². The highest BCUT2D eigenvalue weighted by atomic mass is 16.8. The number of fused-ring (bicyclic) bond motifs is 7. The third-order valence-corrected chi connectivity index (χ3v) is 26.5. The van der Waals surface area contributed by atoms with Crippen molar-refractivity contribution in [1.82, 2.24) is 0 Å². The van der Waals surface area contributed by atoms with E-state index in [-0.39, 0.29) is 39.4 Å². The van der Waals surface area contributed by atoms with Crippen LogP contribution in [0.25, 0.3) is 0 Å². The van der Waals surface area contributed by atoms with Gasteiger partial charge < -0.3 is 158 Å². The fourth-order valence-corrected chi connectivity index (χ4v) is 20.0. The Morgan fingerprint density at radius 1 is 0.451 bits per heavy atom. The molecule has 0 aromatic carbocycles. The number of allylic oxidation sites excluding steroid dienone is 2. The number of esters is 1. The molecule has 0 bridgehead atoms. The van der Waals surface area contributed by atoms with Gasteiger partial charge in [-0.1, -0.05) is 60.1 Å². The highest BCUT2D eigenvalue weighted by Crippen LogP contribution is 2.76. The Bertz CT molecular complexity index is 2900. The van der Waals surface area contributed by atoms with Gasteiger partial charge in [-0.05, 0) is 123 Å². The van der Waals surface area contributed by atoms with Gasteiger partial charge in [-0.15, -0.1) is 0 Å². The lowest BCUT2D eigenvalue weighted by Gasteiger charge is -2.71. The van der Waals surface area contributed by atoms with Crippen LogP contribution in [-0.2, 0) is 71.1 Å². The molecule has 586 valence electrons. The molecule has 40 unspecified atom stereocenters. The highest BCUT2D eigenvalue weighted by Gasteiger charge is 2.71. The molecule has 7 heterocycles. The van der Waals surface area contributed by atoms with E-state index in [9.17, 15) is 96.7 Å². The lowest BCUT2D eigenvalue weighted by atomic mass is 9.33. The summed E-state index contributed by atoms with van der Waals surface area (Å²) in [6.07, 6.45) is -46.5. The van der Waals surface area contributed by atoms with Gasteiger partial charge in [-0.3, -0.25) is 4.79 Å². The van der Waals surface area contributed by atoms with E-state index in [0.717, 1.165) is 19.3 Å². The summed E-state index contributed by atoms with van der Waals surface area (Å²) < 4.78 is 85.3. The monoisotopic (exact) mass is 1470 g/mol. The summed E-state index contributed by atoms with van der Waals surface area (Å²) in [5.41, 5.74) is -1.52. The van der Waals surface area contributed by atoms with Crippen LogP contribution in [0.2, 0.25) is 0 Å². The zero-order chi connectivity index (χ0) is 74.2. The Labute approximate surface area is 591 Å². The first-order valence-electron chi connectivity index (χ1n) is 36.3. The molecule has 18 N–H and O–H groups in total. The molecule has 7 aliphatic heterocycles. The number of carbonyl (C=O) groups is 1. The third kappa shape index (κ3) is 13.8. The molecule has 12 rings (SSSR count). The van der Waals surface area contributed by atoms with Gasteiger partial charge in [0.15, 0.2) is 37.7 Å². The minimum Gasteiger partial charge on any atom is -0.432 e. The molecule has 4 saturated carbocycles. The maximum Gasteiger partial charge on any atom is 0.315 e. The standard InChI is InChI=1S/C69H112O33/c1-26-38(74)42(78)47(83)59(92-26)99-52-32(21-70)94-61(49(85)44(52)80)100-54-34(96-56-45(81)40(76)30(72)23-89-56)25-91-58(51(54)87)101-55-50(86)53(98-57-46(82)41(77)31(73)24-90-57)33(22-71)95-62(55)97-37-13-14-66(7)35(65(37,5)6)12-15-68(9)36(66)11-10-28-29-20-64(3,4)16-18-69(29,19-17-67(28,68)8)63(88)102-60-48(84)43(79)39(75)27(2)93-60/h10,26-27,29-62,70-87H,11-25H2,1-9H3. The molecule has 33 nitrogen and oxygen atoms in total. The first-order chi connectivity index (χ1) is 47.9. The van der Waals surface area contributed by atoms with Crippen molar-refractivity contribution < 1.29 is 163 Å². The molecular weight excluding hydrogens is 1360 g/mol. The van der Waals surface area contributed by atoms with E-state index in [1.165, 1.54) is 12.5 Å². The number of aliphatic hydroxyl groups excluding tert-OH is 18. The molecule has 0 aromatic rings. The van der Waals surface area contributed by atoms with Crippen LogP contribution in [0.1, 0.15) is 127 Å². The van der Waals surface area contributed by atoms with Gasteiger partial charge in [0.1, 0.15) is 140 Å². The van der Waals surface area contributed by atoms with E-state index in [1.807, 2.05) is 0 Å². The lowest BCUT2D eigenvalue weighted by molar-refractivity contribution is -0.402. The summed E-state index contributed by atoms with van der Waals surface area (Å²) in [6, 6.07) is 0. The molecule has 12 aliphatic rings. The Hall–Kier alpha value is -2.03. The number of carbonyl (C=O) groups excluding carboxylic acids is 1. The van der Waals surface area contributed by atoms with Crippen LogP contribution in [0.4, 0.5) is 0 Å².